The highest BCUT2D eigenvalue weighted by Crippen LogP contribution is 2.27. The van der Waals surface area contributed by atoms with Crippen LogP contribution >= 0.6 is 0 Å². The molecule has 100 valence electrons. The van der Waals surface area contributed by atoms with Crippen molar-refractivity contribution in [3.63, 3.8) is 0 Å². The minimum atomic E-state index is -0.615. The molecule has 0 spiro atoms. The van der Waals surface area contributed by atoms with Gasteiger partial charge in [-0.2, -0.15) is 0 Å². The zero-order chi connectivity index (χ0) is 13.6. The first-order chi connectivity index (χ1) is 8.55. The van der Waals surface area contributed by atoms with Crippen LogP contribution in [-0.2, 0) is 4.79 Å². The van der Waals surface area contributed by atoms with Gasteiger partial charge in [0.25, 0.3) is 0 Å². The molecule has 0 radical (unpaired) electrons. The van der Waals surface area contributed by atoms with Crippen LogP contribution in [0.2, 0.25) is 0 Å². The van der Waals surface area contributed by atoms with Crippen molar-refractivity contribution in [2.24, 2.45) is 5.73 Å². The average Bonchev–Trinajstić information content (AvgIpc) is 2.32. The molecule has 0 saturated carbocycles. The lowest BCUT2D eigenvalue weighted by Crippen LogP contribution is -2.50. The standard InChI is InChI=1S/C15H24N2O/c1-4-10-15(11-5-2,14(16)18)17-13-9-7-6-8-12(13)3/h6-9,17H,4-5,10-11H2,1-3H3,(H2,16,18). The first kappa shape index (κ1) is 14.6. The van der Waals surface area contributed by atoms with Crippen LogP contribution in [0, 0.1) is 6.92 Å². The number of hydrogen-bond acceptors (Lipinski definition) is 2. The van der Waals surface area contributed by atoms with Gasteiger partial charge < -0.3 is 11.1 Å². The molecule has 0 aliphatic rings. The van der Waals surface area contributed by atoms with E-state index in [-0.39, 0.29) is 5.91 Å². The normalized spacial score (nSPS) is 11.3. The van der Waals surface area contributed by atoms with E-state index in [9.17, 15) is 4.79 Å². The third-order valence-electron chi connectivity index (χ3n) is 3.34. The van der Waals surface area contributed by atoms with E-state index in [0.29, 0.717) is 0 Å². The second kappa shape index (κ2) is 6.43. The van der Waals surface area contributed by atoms with Gasteiger partial charge in [-0.1, -0.05) is 44.9 Å². The Hall–Kier alpha value is -1.51. The quantitative estimate of drug-likeness (QED) is 0.778. The lowest BCUT2D eigenvalue weighted by Gasteiger charge is -2.33. The van der Waals surface area contributed by atoms with Gasteiger partial charge in [-0.3, -0.25) is 4.79 Å². The van der Waals surface area contributed by atoms with Gasteiger partial charge in [0, 0.05) is 5.69 Å². The number of amides is 1. The Kier molecular flexibility index (Phi) is 5.20. The fourth-order valence-electron chi connectivity index (χ4n) is 2.38. The number of rotatable bonds is 7. The zero-order valence-electron chi connectivity index (χ0n) is 11.6. The number of carbonyl (C=O) groups is 1. The topological polar surface area (TPSA) is 55.1 Å². The van der Waals surface area contributed by atoms with Crippen molar-refractivity contribution in [1.29, 1.82) is 0 Å². The number of carbonyl (C=O) groups excluding carboxylic acids is 1. The summed E-state index contributed by atoms with van der Waals surface area (Å²) in [7, 11) is 0. The predicted octanol–water partition coefficient (Wildman–Crippen LogP) is 3.23. The summed E-state index contributed by atoms with van der Waals surface area (Å²) in [6.07, 6.45) is 3.40. The molecule has 1 aromatic rings. The van der Waals surface area contributed by atoms with Crippen molar-refractivity contribution in [3.05, 3.63) is 29.8 Å². The highest BCUT2D eigenvalue weighted by molar-refractivity contribution is 5.88. The Bertz CT molecular complexity index is 395. The second-order valence-electron chi connectivity index (χ2n) is 4.89. The Morgan fingerprint density at radius 1 is 1.22 bits per heavy atom. The van der Waals surface area contributed by atoms with Crippen molar-refractivity contribution in [2.75, 3.05) is 5.32 Å². The first-order valence-corrected chi connectivity index (χ1v) is 6.69. The molecule has 1 rings (SSSR count). The van der Waals surface area contributed by atoms with Gasteiger partial charge >= 0.3 is 0 Å². The molecule has 3 heteroatoms. The van der Waals surface area contributed by atoms with Crippen molar-refractivity contribution in [1.82, 2.24) is 0 Å². The molecule has 1 amide bonds. The zero-order valence-corrected chi connectivity index (χ0v) is 11.6. The predicted molar refractivity (Wildman–Crippen MR) is 76.5 cm³/mol. The summed E-state index contributed by atoms with van der Waals surface area (Å²) in [5, 5.41) is 3.39. The van der Waals surface area contributed by atoms with Crippen LogP contribution in [0.3, 0.4) is 0 Å². The van der Waals surface area contributed by atoms with Crippen molar-refractivity contribution >= 4 is 11.6 Å². The second-order valence-corrected chi connectivity index (χ2v) is 4.89. The number of benzene rings is 1. The lowest BCUT2D eigenvalue weighted by molar-refractivity contribution is -0.122. The van der Waals surface area contributed by atoms with Crippen LogP contribution in [0.25, 0.3) is 0 Å². The molecule has 1 aromatic carbocycles. The first-order valence-electron chi connectivity index (χ1n) is 6.69. The van der Waals surface area contributed by atoms with Gasteiger partial charge in [0.15, 0.2) is 0 Å². The maximum atomic E-state index is 11.9. The lowest BCUT2D eigenvalue weighted by atomic mass is 9.87. The monoisotopic (exact) mass is 248 g/mol. The van der Waals surface area contributed by atoms with E-state index in [1.807, 2.05) is 31.2 Å². The minimum absolute atomic E-state index is 0.255. The number of nitrogens with two attached hydrogens (primary N) is 1. The van der Waals surface area contributed by atoms with Gasteiger partial charge in [-0.05, 0) is 31.4 Å². The summed E-state index contributed by atoms with van der Waals surface area (Å²) >= 11 is 0. The van der Waals surface area contributed by atoms with Crippen LogP contribution in [0.5, 0.6) is 0 Å². The van der Waals surface area contributed by atoms with Gasteiger partial charge in [0.1, 0.15) is 5.54 Å². The van der Waals surface area contributed by atoms with Gasteiger partial charge in [-0.15, -0.1) is 0 Å². The molecule has 0 unspecified atom stereocenters. The molecule has 0 aliphatic carbocycles. The van der Waals surface area contributed by atoms with Crippen molar-refractivity contribution in [2.45, 2.75) is 52.0 Å². The molecule has 0 atom stereocenters. The Morgan fingerprint density at radius 2 is 1.78 bits per heavy atom. The summed E-state index contributed by atoms with van der Waals surface area (Å²) < 4.78 is 0. The molecular weight excluding hydrogens is 224 g/mol. The molecule has 0 fully saturated rings. The smallest absolute Gasteiger partial charge is 0.243 e. The Labute approximate surface area is 110 Å². The summed E-state index contributed by atoms with van der Waals surface area (Å²) in [5.41, 5.74) is 7.16. The Morgan fingerprint density at radius 3 is 2.22 bits per heavy atom. The van der Waals surface area contributed by atoms with Gasteiger partial charge in [-0.25, -0.2) is 0 Å². The molecule has 18 heavy (non-hydrogen) atoms. The van der Waals surface area contributed by atoms with Crippen LogP contribution < -0.4 is 11.1 Å². The molecule has 0 heterocycles. The number of anilines is 1. The van der Waals surface area contributed by atoms with E-state index in [1.165, 1.54) is 0 Å². The number of primary amides is 1. The van der Waals surface area contributed by atoms with E-state index in [2.05, 4.69) is 19.2 Å². The average molecular weight is 248 g/mol. The van der Waals surface area contributed by atoms with Gasteiger partial charge in [0.2, 0.25) is 5.91 Å². The molecule has 0 saturated heterocycles. The minimum Gasteiger partial charge on any atom is -0.371 e. The molecule has 0 bridgehead atoms. The molecular formula is C15H24N2O. The largest absolute Gasteiger partial charge is 0.371 e. The third kappa shape index (κ3) is 3.25. The maximum absolute atomic E-state index is 11.9. The van der Waals surface area contributed by atoms with Crippen LogP contribution in [-0.4, -0.2) is 11.4 Å². The number of hydrogen-bond donors (Lipinski definition) is 2. The van der Waals surface area contributed by atoms with E-state index < -0.39 is 5.54 Å². The highest BCUT2D eigenvalue weighted by Gasteiger charge is 2.34. The fourth-order valence-corrected chi connectivity index (χ4v) is 2.38. The third-order valence-corrected chi connectivity index (χ3v) is 3.34. The number of aryl methyl sites for hydroxylation is 1. The van der Waals surface area contributed by atoms with Crippen molar-refractivity contribution < 1.29 is 4.79 Å². The molecule has 0 aliphatic heterocycles. The number of nitrogens with one attached hydrogen (secondary N) is 1. The summed E-state index contributed by atoms with van der Waals surface area (Å²) in [6, 6.07) is 8.00. The van der Waals surface area contributed by atoms with Crippen molar-refractivity contribution in [3.8, 4) is 0 Å². The Balaban J connectivity index is 3.03. The summed E-state index contributed by atoms with van der Waals surface area (Å²) in [4.78, 5) is 11.9. The fraction of sp³-hybridized carbons (Fsp3) is 0.533. The highest BCUT2D eigenvalue weighted by atomic mass is 16.1. The molecule has 3 N–H and O–H groups in total. The van der Waals surface area contributed by atoms with Crippen LogP contribution in [0.15, 0.2) is 24.3 Å². The van der Waals surface area contributed by atoms with Gasteiger partial charge in [0.05, 0.1) is 0 Å². The molecule has 3 nitrogen and oxygen atoms in total. The summed E-state index contributed by atoms with van der Waals surface area (Å²) in [6.45, 7) is 6.19. The van der Waals surface area contributed by atoms with E-state index in [1.54, 1.807) is 0 Å². The summed E-state index contributed by atoms with van der Waals surface area (Å²) in [5.74, 6) is -0.255. The van der Waals surface area contributed by atoms with E-state index >= 15 is 0 Å². The van der Waals surface area contributed by atoms with Crippen LogP contribution in [0.4, 0.5) is 5.69 Å². The van der Waals surface area contributed by atoms with E-state index in [0.717, 1.165) is 36.9 Å². The number of para-hydroxylation sites is 1. The maximum Gasteiger partial charge on any atom is 0.243 e. The SMILES string of the molecule is CCCC(CCC)(Nc1ccccc1C)C(N)=O. The molecule has 0 aromatic heterocycles. The van der Waals surface area contributed by atoms with E-state index in [4.69, 9.17) is 5.73 Å². The van der Waals surface area contributed by atoms with Crippen LogP contribution in [0.1, 0.15) is 45.1 Å².